The van der Waals surface area contributed by atoms with Gasteiger partial charge in [-0.2, -0.15) is 0 Å². The van der Waals surface area contributed by atoms with Gasteiger partial charge in [-0.25, -0.2) is 4.98 Å². The molecule has 0 radical (unpaired) electrons. The summed E-state index contributed by atoms with van der Waals surface area (Å²) < 4.78 is 19.5. The van der Waals surface area contributed by atoms with E-state index in [-0.39, 0.29) is 0 Å². The first-order valence-corrected chi connectivity index (χ1v) is 5.06. The number of H-pyrrole nitrogens is 1. The van der Waals surface area contributed by atoms with Crippen LogP contribution in [0.3, 0.4) is 0 Å². The summed E-state index contributed by atoms with van der Waals surface area (Å²) in [4.78, 5) is 6.42. The van der Waals surface area contributed by atoms with Crippen molar-refractivity contribution in [3.8, 4) is 0 Å². The van der Waals surface area contributed by atoms with Crippen molar-refractivity contribution in [3.05, 3.63) is 18.7 Å². The number of imidazole rings is 1. The minimum absolute atomic E-state index is 0.440. The highest BCUT2D eigenvalue weighted by atomic mass is 31.1. The molecule has 1 aromatic rings. The SMILES string of the molecule is CCO[P+](=O)OCC.c1c[nH]cn1. The van der Waals surface area contributed by atoms with Crippen molar-refractivity contribution in [2.45, 2.75) is 13.8 Å². The Bertz CT molecular complexity index is 178. The van der Waals surface area contributed by atoms with Gasteiger partial charge in [0.1, 0.15) is 13.2 Å². The van der Waals surface area contributed by atoms with Crippen LogP contribution in [0.2, 0.25) is 0 Å². The number of aromatic nitrogens is 2. The van der Waals surface area contributed by atoms with Crippen molar-refractivity contribution >= 4 is 8.25 Å². The Balaban J connectivity index is 0.000000243. The summed E-state index contributed by atoms with van der Waals surface area (Å²) in [5, 5.41) is 0. The maximum atomic E-state index is 10.3. The highest BCUT2D eigenvalue weighted by Gasteiger charge is 2.15. The van der Waals surface area contributed by atoms with Crippen molar-refractivity contribution in [1.82, 2.24) is 9.97 Å². The lowest BCUT2D eigenvalue weighted by molar-refractivity contribution is 0.243. The summed E-state index contributed by atoms with van der Waals surface area (Å²) in [7, 11) is -1.83. The zero-order valence-corrected chi connectivity index (χ0v) is 8.66. The molecule has 1 aromatic heterocycles. The normalized spacial score (nSPS) is 8.77. The maximum Gasteiger partial charge on any atom is 0.697 e. The lowest BCUT2D eigenvalue weighted by atomic mass is 10.9. The van der Waals surface area contributed by atoms with Crippen molar-refractivity contribution in [2.75, 3.05) is 13.2 Å². The lowest BCUT2D eigenvalue weighted by Gasteiger charge is -1.78. The molecule has 74 valence electrons. The molecule has 5 nitrogen and oxygen atoms in total. The van der Waals surface area contributed by atoms with E-state index >= 15 is 0 Å². The Morgan fingerprint density at radius 3 is 2.23 bits per heavy atom. The molecule has 0 saturated carbocycles. The van der Waals surface area contributed by atoms with Crippen molar-refractivity contribution in [3.63, 3.8) is 0 Å². The standard InChI is InChI=1S/C4H10O3P.C3H4N2/c1-3-6-8(5)7-4-2;1-2-5-3-4-1/h3-4H2,1-2H3;1-3H,(H,4,5)/q+1;. The van der Waals surface area contributed by atoms with Gasteiger partial charge >= 0.3 is 8.25 Å². The van der Waals surface area contributed by atoms with E-state index in [0.29, 0.717) is 13.2 Å². The fourth-order valence-electron chi connectivity index (χ4n) is 0.463. The topological polar surface area (TPSA) is 64.2 Å². The molecular weight excluding hydrogens is 191 g/mol. The van der Waals surface area contributed by atoms with Gasteiger partial charge in [0.05, 0.1) is 6.33 Å². The number of hydrogen-bond donors (Lipinski definition) is 1. The van der Waals surface area contributed by atoms with E-state index in [4.69, 9.17) is 0 Å². The first-order valence-electron chi connectivity index (χ1n) is 3.97. The van der Waals surface area contributed by atoms with E-state index in [1.54, 1.807) is 32.6 Å². The highest BCUT2D eigenvalue weighted by molar-refractivity contribution is 7.33. The van der Waals surface area contributed by atoms with Crippen LogP contribution in [0.1, 0.15) is 13.8 Å². The Morgan fingerprint density at radius 2 is 2.00 bits per heavy atom. The Kier molecular flexibility index (Phi) is 8.77. The van der Waals surface area contributed by atoms with Gasteiger partial charge < -0.3 is 4.98 Å². The molecule has 0 saturated heterocycles. The molecule has 0 aliphatic rings. The molecule has 1 heterocycles. The minimum Gasteiger partial charge on any atom is -0.351 e. The number of aromatic amines is 1. The average Bonchev–Trinajstić information content (AvgIpc) is 2.61. The predicted molar refractivity (Wildman–Crippen MR) is 49.4 cm³/mol. The zero-order chi connectivity index (χ0) is 9.94. The third-order valence-electron chi connectivity index (χ3n) is 0.875. The van der Waals surface area contributed by atoms with E-state index in [1.165, 1.54) is 0 Å². The van der Waals surface area contributed by atoms with Gasteiger partial charge in [-0.3, -0.25) is 0 Å². The van der Waals surface area contributed by atoms with Gasteiger partial charge in [0.2, 0.25) is 0 Å². The molecule has 1 N–H and O–H groups in total. The van der Waals surface area contributed by atoms with E-state index < -0.39 is 8.25 Å². The van der Waals surface area contributed by atoms with Gasteiger partial charge in [0.15, 0.2) is 0 Å². The van der Waals surface area contributed by atoms with Crippen LogP contribution in [-0.4, -0.2) is 23.2 Å². The number of rotatable bonds is 4. The lowest BCUT2D eigenvalue weighted by Crippen LogP contribution is -1.81. The van der Waals surface area contributed by atoms with Gasteiger partial charge in [-0.1, -0.05) is 0 Å². The van der Waals surface area contributed by atoms with Crippen LogP contribution in [0.15, 0.2) is 18.7 Å². The number of hydrogen-bond acceptors (Lipinski definition) is 4. The fraction of sp³-hybridized carbons (Fsp3) is 0.571. The van der Waals surface area contributed by atoms with E-state index in [0.717, 1.165) is 0 Å². The van der Waals surface area contributed by atoms with Crippen molar-refractivity contribution in [2.24, 2.45) is 0 Å². The molecule has 6 heteroatoms. The van der Waals surface area contributed by atoms with E-state index in [9.17, 15) is 4.57 Å². The Hall–Kier alpha value is -0.770. The minimum atomic E-state index is -1.83. The zero-order valence-electron chi connectivity index (χ0n) is 7.77. The fourth-order valence-corrected chi connectivity index (χ4v) is 0.959. The summed E-state index contributed by atoms with van der Waals surface area (Å²) in [5.74, 6) is 0. The van der Waals surface area contributed by atoms with Crippen LogP contribution in [0, 0.1) is 0 Å². The largest absolute Gasteiger partial charge is 0.697 e. The molecule has 0 aliphatic carbocycles. The summed E-state index contributed by atoms with van der Waals surface area (Å²) in [6, 6.07) is 0. The Morgan fingerprint density at radius 1 is 1.38 bits per heavy atom. The Labute approximate surface area is 78.4 Å². The van der Waals surface area contributed by atoms with Gasteiger partial charge in [0, 0.05) is 17.0 Å². The van der Waals surface area contributed by atoms with E-state index in [1.807, 2.05) is 0 Å². The summed E-state index contributed by atoms with van der Waals surface area (Å²) in [6.45, 7) is 4.42. The van der Waals surface area contributed by atoms with Crippen LogP contribution in [-0.2, 0) is 13.6 Å². The molecule has 0 aliphatic heterocycles. The molecule has 0 amide bonds. The van der Waals surface area contributed by atoms with Crippen molar-refractivity contribution < 1.29 is 13.6 Å². The quantitative estimate of drug-likeness (QED) is 0.764. The number of nitrogens with one attached hydrogen (secondary N) is 1. The molecule has 0 atom stereocenters. The van der Waals surface area contributed by atoms with Crippen LogP contribution < -0.4 is 0 Å². The molecule has 0 fully saturated rings. The average molecular weight is 205 g/mol. The summed E-state index contributed by atoms with van der Waals surface area (Å²) in [6.07, 6.45) is 5.08. The highest BCUT2D eigenvalue weighted by Crippen LogP contribution is 2.21. The predicted octanol–water partition coefficient (Wildman–Crippen LogP) is 2.13. The first-order chi connectivity index (χ1) is 6.31. The second-order valence-corrected chi connectivity index (χ2v) is 2.78. The van der Waals surface area contributed by atoms with Gasteiger partial charge in [0.25, 0.3) is 0 Å². The summed E-state index contributed by atoms with van der Waals surface area (Å²) >= 11 is 0. The summed E-state index contributed by atoms with van der Waals surface area (Å²) in [5.41, 5.74) is 0. The van der Waals surface area contributed by atoms with Gasteiger partial charge in [-0.05, 0) is 13.8 Å². The molecule has 0 bridgehead atoms. The third-order valence-corrected chi connectivity index (χ3v) is 1.81. The first kappa shape index (κ1) is 12.2. The maximum absolute atomic E-state index is 10.3. The van der Waals surface area contributed by atoms with Crippen LogP contribution in [0.4, 0.5) is 0 Å². The molecule has 13 heavy (non-hydrogen) atoms. The van der Waals surface area contributed by atoms with Crippen LogP contribution in [0.5, 0.6) is 0 Å². The van der Waals surface area contributed by atoms with Crippen LogP contribution in [0.25, 0.3) is 0 Å². The van der Waals surface area contributed by atoms with E-state index in [2.05, 4.69) is 19.0 Å². The number of nitrogens with zero attached hydrogens (tertiary/aromatic N) is 1. The second-order valence-electron chi connectivity index (χ2n) is 1.82. The molecule has 0 spiro atoms. The molecule has 0 aromatic carbocycles. The monoisotopic (exact) mass is 205 g/mol. The third kappa shape index (κ3) is 9.14. The second kappa shape index (κ2) is 9.32. The van der Waals surface area contributed by atoms with Gasteiger partial charge in [-0.15, -0.1) is 9.05 Å². The molecular formula is C7H14N2O3P+. The molecule has 0 unspecified atom stereocenters. The smallest absolute Gasteiger partial charge is 0.351 e. The molecule has 1 rings (SSSR count). The van der Waals surface area contributed by atoms with Crippen molar-refractivity contribution in [1.29, 1.82) is 0 Å². The van der Waals surface area contributed by atoms with Crippen LogP contribution >= 0.6 is 8.25 Å².